The summed E-state index contributed by atoms with van der Waals surface area (Å²) in [6, 6.07) is 15.5. The number of para-hydroxylation sites is 1. The fourth-order valence-corrected chi connectivity index (χ4v) is 4.64. The second kappa shape index (κ2) is 8.14. The molecule has 0 aliphatic carbocycles. The number of hydrogen-bond acceptors (Lipinski definition) is 4. The van der Waals surface area contributed by atoms with Crippen molar-refractivity contribution in [2.24, 2.45) is 5.92 Å². The van der Waals surface area contributed by atoms with Crippen LogP contribution in [0.2, 0.25) is 0 Å². The second-order valence-electron chi connectivity index (χ2n) is 9.47. The number of nitrogens with one attached hydrogen (secondary N) is 1. The largest absolute Gasteiger partial charge is 0.454 e. The summed E-state index contributed by atoms with van der Waals surface area (Å²) in [6.45, 7) is 7.57. The van der Waals surface area contributed by atoms with Crippen molar-refractivity contribution >= 4 is 22.7 Å². The molecule has 33 heavy (non-hydrogen) atoms. The van der Waals surface area contributed by atoms with E-state index in [9.17, 15) is 9.59 Å². The van der Waals surface area contributed by atoms with E-state index >= 15 is 0 Å². The van der Waals surface area contributed by atoms with Crippen LogP contribution in [0.15, 0.2) is 48.5 Å². The van der Waals surface area contributed by atoms with Gasteiger partial charge in [-0.3, -0.25) is 9.59 Å². The molecule has 1 N–H and O–H groups in total. The fourth-order valence-electron chi connectivity index (χ4n) is 4.64. The van der Waals surface area contributed by atoms with Gasteiger partial charge in [-0.1, -0.05) is 38.1 Å². The standard InChI is InChI=1S/C26H29N3O4/c1-17(2)10-11-27-25(31)26(3)15-28-20-7-5-4-6-19(20)13-21(28)24(30)29(26)14-18-8-9-22-23(12-18)33-16-32-22/h4-9,12-13,17H,10-11,14-16H2,1-3H3,(H,27,31)/t26-/m0/s1. The number of ether oxygens (including phenoxy) is 2. The number of rotatable bonds is 6. The zero-order valence-electron chi connectivity index (χ0n) is 19.3. The van der Waals surface area contributed by atoms with Gasteiger partial charge in [0.1, 0.15) is 11.2 Å². The van der Waals surface area contributed by atoms with E-state index in [1.807, 2.05) is 60.0 Å². The minimum absolute atomic E-state index is 0.138. The smallest absolute Gasteiger partial charge is 0.271 e. The minimum Gasteiger partial charge on any atom is -0.454 e. The Bertz CT molecular complexity index is 1230. The van der Waals surface area contributed by atoms with E-state index in [2.05, 4.69) is 19.2 Å². The SMILES string of the molecule is CC(C)CCNC(=O)[C@]1(C)Cn2c(cc3ccccc32)C(=O)N1Cc1ccc2c(c1)OCO2. The van der Waals surface area contributed by atoms with Crippen LogP contribution in [0.5, 0.6) is 11.5 Å². The zero-order valence-corrected chi connectivity index (χ0v) is 19.3. The Morgan fingerprint density at radius 3 is 2.73 bits per heavy atom. The summed E-state index contributed by atoms with van der Waals surface area (Å²) < 4.78 is 12.9. The molecule has 0 saturated carbocycles. The highest BCUT2D eigenvalue weighted by Gasteiger charge is 2.47. The molecule has 2 aromatic carbocycles. The van der Waals surface area contributed by atoms with Crippen LogP contribution in [0.25, 0.3) is 10.9 Å². The highest BCUT2D eigenvalue weighted by atomic mass is 16.7. The van der Waals surface area contributed by atoms with Crippen LogP contribution in [0.4, 0.5) is 0 Å². The summed E-state index contributed by atoms with van der Waals surface area (Å²) in [7, 11) is 0. The fraction of sp³-hybridized carbons (Fsp3) is 0.385. The van der Waals surface area contributed by atoms with E-state index in [1.165, 1.54) is 0 Å². The summed E-state index contributed by atoms with van der Waals surface area (Å²) in [5, 5.41) is 4.08. The molecule has 2 aliphatic heterocycles. The molecule has 0 radical (unpaired) electrons. The van der Waals surface area contributed by atoms with E-state index in [0.29, 0.717) is 42.7 Å². The first-order valence-electron chi connectivity index (χ1n) is 11.4. The predicted molar refractivity (Wildman–Crippen MR) is 125 cm³/mol. The molecule has 1 atom stereocenters. The van der Waals surface area contributed by atoms with Crippen molar-refractivity contribution in [1.82, 2.24) is 14.8 Å². The van der Waals surface area contributed by atoms with Crippen LogP contribution in [-0.2, 0) is 17.9 Å². The molecule has 0 saturated heterocycles. The summed E-state index contributed by atoms with van der Waals surface area (Å²) in [6.07, 6.45) is 0.885. The van der Waals surface area contributed by atoms with Gasteiger partial charge in [0, 0.05) is 24.0 Å². The summed E-state index contributed by atoms with van der Waals surface area (Å²) in [5.41, 5.74) is 1.41. The quantitative estimate of drug-likeness (QED) is 0.621. The molecular weight excluding hydrogens is 418 g/mol. The lowest BCUT2D eigenvalue weighted by Crippen LogP contribution is -2.63. The first kappa shape index (κ1) is 21.4. The average molecular weight is 448 g/mol. The van der Waals surface area contributed by atoms with E-state index in [0.717, 1.165) is 22.9 Å². The molecule has 0 fully saturated rings. The first-order valence-corrected chi connectivity index (χ1v) is 11.4. The lowest BCUT2D eigenvalue weighted by molar-refractivity contribution is -0.133. The number of carbonyl (C=O) groups is 2. The topological polar surface area (TPSA) is 72.8 Å². The minimum atomic E-state index is -1.04. The van der Waals surface area contributed by atoms with Crippen molar-refractivity contribution in [1.29, 1.82) is 0 Å². The third-order valence-electron chi connectivity index (χ3n) is 6.61. The second-order valence-corrected chi connectivity index (χ2v) is 9.47. The summed E-state index contributed by atoms with van der Waals surface area (Å²) in [5.74, 6) is 1.54. The Labute approximate surface area is 193 Å². The number of benzene rings is 2. The molecule has 2 amide bonds. The highest BCUT2D eigenvalue weighted by Crippen LogP contribution is 2.36. The zero-order chi connectivity index (χ0) is 23.2. The van der Waals surface area contributed by atoms with Gasteiger partial charge < -0.3 is 24.3 Å². The van der Waals surface area contributed by atoms with Crippen molar-refractivity contribution in [2.45, 2.75) is 45.8 Å². The Morgan fingerprint density at radius 1 is 1.12 bits per heavy atom. The van der Waals surface area contributed by atoms with Crippen LogP contribution in [0, 0.1) is 5.92 Å². The molecule has 0 spiro atoms. The molecule has 7 nitrogen and oxygen atoms in total. The maximum absolute atomic E-state index is 13.8. The van der Waals surface area contributed by atoms with Gasteiger partial charge in [0.2, 0.25) is 12.7 Å². The van der Waals surface area contributed by atoms with Crippen LogP contribution in [-0.4, -0.2) is 40.2 Å². The van der Waals surface area contributed by atoms with Crippen LogP contribution in [0.1, 0.15) is 43.2 Å². The number of aromatic nitrogens is 1. The molecule has 3 heterocycles. The monoisotopic (exact) mass is 447 g/mol. The van der Waals surface area contributed by atoms with Crippen LogP contribution >= 0.6 is 0 Å². The Balaban J connectivity index is 1.53. The van der Waals surface area contributed by atoms with Gasteiger partial charge in [-0.15, -0.1) is 0 Å². The summed E-state index contributed by atoms with van der Waals surface area (Å²) >= 11 is 0. The van der Waals surface area contributed by atoms with Crippen molar-refractivity contribution in [3.05, 3.63) is 59.8 Å². The molecule has 2 aliphatic rings. The molecular formula is C26H29N3O4. The van der Waals surface area contributed by atoms with Crippen molar-refractivity contribution in [3.8, 4) is 11.5 Å². The number of hydrogen-bond donors (Lipinski definition) is 1. The number of fused-ring (bicyclic) bond motifs is 4. The van der Waals surface area contributed by atoms with Crippen LogP contribution < -0.4 is 14.8 Å². The lowest BCUT2D eigenvalue weighted by atomic mass is 9.93. The maximum Gasteiger partial charge on any atom is 0.271 e. The van der Waals surface area contributed by atoms with Gasteiger partial charge >= 0.3 is 0 Å². The van der Waals surface area contributed by atoms with Crippen LogP contribution in [0.3, 0.4) is 0 Å². The van der Waals surface area contributed by atoms with E-state index in [1.54, 1.807) is 4.90 Å². The normalized spacial score (nSPS) is 19.3. The Morgan fingerprint density at radius 2 is 1.91 bits per heavy atom. The van der Waals surface area contributed by atoms with E-state index < -0.39 is 5.54 Å². The number of carbonyl (C=O) groups excluding carboxylic acids is 2. The molecule has 5 rings (SSSR count). The molecule has 1 aromatic heterocycles. The average Bonchev–Trinajstić information content (AvgIpc) is 3.40. The van der Waals surface area contributed by atoms with Crippen molar-refractivity contribution in [2.75, 3.05) is 13.3 Å². The van der Waals surface area contributed by atoms with Crippen molar-refractivity contribution < 1.29 is 19.1 Å². The number of amides is 2. The Hall–Kier alpha value is -3.48. The van der Waals surface area contributed by atoms with E-state index in [4.69, 9.17) is 9.47 Å². The number of nitrogens with zero attached hydrogens (tertiary/aromatic N) is 2. The van der Waals surface area contributed by atoms with Gasteiger partial charge in [-0.25, -0.2) is 0 Å². The highest BCUT2D eigenvalue weighted by molar-refractivity contribution is 6.03. The van der Waals surface area contributed by atoms with E-state index in [-0.39, 0.29) is 18.6 Å². The molecule has 3 aromatic rings. The van der Waals surface area contributed by atoms with Crippen molar-refractivity contribution in [3.63, 3.8) is 0 Å². The molecule has 0 bridgehead atoms. The maximum atomic E-state index is 13.8. The lowest BCUT2D eigenvalue weighted by Gasteiger charge is -2.44. The molecule has 172 valence electrons. The van der Waals surface area contributed by atoms with Gasteiger partial charge in [-0.05, 0) is 49.1 Å². The first-order chi connectivity index (χ1) is 15.9. The van der Waals surface area contributed by atoms with Gasteiger partial charge in [-0.2, -0.15) is 0 Å². The molecule has 7 heteroatoms. The molecule has 0 unspecified atom stereocenters. The van der Waals surface area contributed by atoms with Gasteiger partial charge in [0.05, 0.1) is 6.54 Å². The predicted octanol–water partition coefficient (Wildman–Crippen LogP) is 3.95. The van der Waals surface area contributed by atoms with Gasteiger partial charge in [0.15, 0.2) is 11.5 Å². The Kier molecular flexibility index (Phi) is 5.27. The third kappa shape index (κ3) is 3.71. The summed E-state index contributed by atoms with van der Waals surface area (Å²) in [4.78, 5) is 29.0. The van der Waals surface area contributed by atoms with Gasteiger partial charge in [0.25, 0.3) is 5.91 Å². The third-order valence-corrected chi connectivity index (χ3v) is 6.61.